The minimum atomic E-state index is 0. The van der Waals surface area contributed by atoms with Crippen LogP contribution in [0.25, 0.3) is 11.1 Å². The Bertz CT molecular complexity index is 715. The van der Waals surface area contributed by atoms with Gasteiger partial charge < -0.3 is 15.4 Å². The number of nitrogens with one attached hydrogen (secondary N) is 2. The summed E-state index contributed by atoms with van der Waals surface area (Å²) in [4.78, 5) is 14.6. The Morgan fingerprint density at radius 3 is 2.68 bits per heavy atom. The van der Waals surface area contributed by atoms with Crippen LogP contribution in [0.1, 0.15) is 27.9 Å². The lowest BCUT2D eigenvalue weighted by Crippen LogP contribution is -2.48. The highest BCUT2D eigenvalue weighted by Gasteiger charge is 2.24. The van der Waals surface area contributed by atoms with Crippen LogP contribution in [0, 0.1) is 12.8 Å². The molecule has 0 saturated carbocycles. The molecule has 3 rings (SSSR count). The molecule has 4 nitrogen and oxygen atoms in total. The lowest BCUT2D eigenvalue weighted by Gasteiger charge is -2.30. The highest BCUT2D eigenvalue weighted by molar-refractivity contribution is 7.14. The van der Waals surface area contributed by atoms with Gasteiger partial charge in [0.1, 0.15) is 5.75 Å². The zero-order valence-corrected chi connectivity index (χ0v) is 16.4. The Balaban J connectivity index is 0.00000225. The van der Waals surface area contributed by atoms with Gasteiger partial charge in [0.05, 0.1) is 12.0 Å². The SMILES string of the molecule is COc1ccc(-c2cc(C(=O)NC3CCNCC3C)sc2C)cc1.Cl. The summed E-state index contributed by atoms with van der Waals surface area (Å²) in [6, 6.07) is 10.2. The van der Waals surface area contributed by atoms with Crippen molar-refractivity contribution < 1.29 is 9.53 Å². The summed E-state index contributed by atoms with van der Waals surface area (Å²) in [7, 11) is 1.66. The fraction of sp³-hybridized carbons (Fsp3) is 0.421. The number of ether oxygens (including phenoxy) is 1. The second-order valence-corrected chi connectivity index (χ2v) is 7.62. The van der Waals surface area contributed by atoms with Crippen molar-refractivity contribution in [2.75, 3.05) is 20.2 Å². The molecule has 6 heteroatoms. The number of methoxy groups -OCH3 is 1. The van der Waals surface area contributed by atoms with E-state index >= 15 is 0 Å². The van der Waals surface area contributed by atoms with Gasteiger partial charge >= 0.3 is 0 Å². The summed E-state index contributed by atoms with van der Waals surface area (Å²) in [6.07, 6.45) is 0.989. The first kappa shape index (κ1) is 19.8. The molecular weight excluding hydrogens is 356 g/mol. The van der Waals surface area contributed by atoms with E-state index in [9.17, 15) is 4.79 Å². The number of halogens is 1. The molecule has 136 valence electrons. The molecule has 2 aromatic rings. The van der Waals surface area contributed by atoms with Gasteiger partial charge in [-0.2, -0.15) is 0 Å². The maximum absolute atomic E-state index is 12.6. The van der Waals surface area contributed by atoms with Crippen molar-refractivity contribution in [3.63, 3.8) is 0 Å². The molecule has 0 spiro atoms. The zero-order chi connectivity index (χ0) is 17.1. The van der Waals surface area contributed by atoms with Crippen molar-refractivity contribution in [2.45, 2.75) is 26.3 Å². The van der Waals surface area contributed by atoms with E-state index in [0.717, 1.165) is 46.1 Å². The Morgan fingerprint density at radius 2 is 2.04 bits per heavy atom. The molecule has 1 aromatic carbocycles. The molecule has 2 N–H and O–H groups in total. The van der Waals surface area contributed by atoms with Gasteiger partial charge in [0.2, 0.25) is 0 Å². The van der Waals surface area contributed by atoms with Crippen molar-refractivity contribution in [1.82, 2.24) is 10.6 Å². The largest absolute Gasteiger partial charge is 0.497 e. The summed E-state index contributed by atoms with van der Waals surface area (Å²) in [5.74, 6) is 1.34. The van der Waals surface area contributed by atoms with Gasteiger partial charge in [0.25, 0.3) is 5.91 Å². The minimum absolute atomic E-state index is 0. The fourth-order valence-electron chi connectivity index (χ4n) is 3.12. The Hall–Kier alpha value is -1.56. The number of hydrogen-bond acceptors (Lipinski definition) is 4. The number of aryl methyl sites for hydroxylation is 1. The number of amides is 1. The van der Waals surface area contributed by atoms with Crippen LogP contribution in [-0.4, -0.2) is 32.1 Å². The standard InChI is InChI=1S/C19H24N2O2S.ClH/c1-12-11-20-9-8-17(12)21-19(22)18-10-16(13(2)24-18)14-4-6-15(23-3)7-5-14;/h4-7,10,12,17,20H,8-9,11H2,1-3H3,(H,21,22);1H. The Kier molecular flexibility index (Phi) is 6.87. The lowest BCUT2D eigenvalue weighted by molar-refractivity contribution is 0.0918. The van der Waals surface area contributed by atoms with Crippen LogP contribution in [0.15, 0.2) is 30.3 Å². The van der Waals surface area contributed by atoms with Gasteiger partial charge in [-0.05, 0) is 61.7 Å². The second kappa shape index (κ2) is 8.70. The number of hydrogen-bond donors (Lipinski definition) is 2. The molecule has 1 fully saturated rings. The van der Waals surface area contributed by atoms with Crippen LogP contribution >= 0.6 is 23.7 Å². The average Bonchev–Trinajstić information content (AvgIpc) is 2.99. The smallest absolute Gasteiger partial charge is 0.261 e. The van der Waals surface area contributed by atoms with E-state index < -0.39 is 0 Å². The van der Waals surface area contributed by atoms with E-state index in [1.54, 1.807) is 18.4 Å². The highest BCUT2D eigenvalue weighted by atomic mass is 35.5. The number of rotatable bonds is 4. The Labute approximate surface area is 159 Å². The van der Waals surface area contributed by atoms with E-state index in [0.29, 0.717) is 5.92 Å². The van der Waals surface area contributed by atoms with Crippen molar-refractivity contribution in [2.24, 2.45) is 5.92 Å². The van der Waals surface area contributed by atoms with Crippen molar-refractivity contribution in [3.8, 4) is 16.9 Å². The zero-order valence-electron chi connectivity index (χ0n) is 14.8. The summed E-state index contributed by atoms with van der Waals surface area (Å²) < 4.78 is 5.21. The van der Waals surface area contributed by atoms with Gasteiger partial charge in [0.15, 0.2) is 0 Å². The summed E-state index contributed by atoms with van der Waals surface area (Å²) in [6.45, 7) is 6.18. The maximum atomic E-state index is 12.6. The first-order valence-corrected chi connectivity index (χ1v) is 9.16. The molecule has 0 radical (unpaired) electrons. The van der Waals surface area contributed by atoms with Crippen molar-refractivity contribution in [3.05, 3.63) is 40.1 Å². The third-order valence-corrected chi connectivity index (χ3v) is 5.69. The third-order valence-electron chi connectivity index (χ3n) is 4.64. The van der Waals surface area contributed by atoms with Crippen LogP contribution in [-0.2, 0) is 0 Å². The first-order chi connectivity index (χ1) is 11.6. The summed E-state index contributed by atoms with van der Waals surface area (Å²) in [5.41, 5.74) is 2.23. The van der Waals surface area contributed by atoms with Gasteiger partial charge in [-0.15, -0.1) is 23.7 Å². The molecule has 2 atom stereocenters. The predicted octanol–water partition coefficient (Wildman–Crippen LogP) is 3.88. The second-order valence-electron chi connectivity index (χ2n) is 6.36. The van der Waals surface area contributed by atoms with Crippen LogP contribution in [0.3, 0.4) is 0 Å². The average molecular weight is 381 g/mol. The summed E-state index contributed by atoms with van der Waals surface area (Å²) in [5, 5.41) is 6.57. The van der Waals surface area contributed by atoms with E-state index in [4.69, 9.17) is 4.74 Å². The number of carbonyl (C=O) groups is 1. The van der Waals surface area contributed by atoms with Crippen LogP contribution < -0.4 is 15.4 Å². The third kappa shape index (κ3) is 4.54. The normalized spacial score (nSPS) is 19.8. The van der Waals surface area contributed by atoms with E-state index in [1.165, 1.54) is 0 Å². The molecule has 1 amide bonds. The molecule has 1 saturated heterocycles. The van der Waals surface area contributed by atoms with Crippen LogP contribution in [0.5, 0.6) is 5.75 Å². The topological polar surface area (TPSA) is 50.4 Å². The highest BCUT2D eigenvalue weighted by Crippen LogP contribution is 2.32. The van der Waals surface area contributed by atoms with E-state index in [-0.39, 0.29) is 24.4 Å². The Morgan fingerprint density at radius 1 is 1.32 bits per heavy atom. The molecule has 2 unspecified atom stereocenters. The number of benzene rings is 1. The molecule has 25 heavy (non-hydrogen) atoms. The molecule has 1 aromatic heterocycles. The van der Waals surface area contributed by atoms with Crippen molar-refractivity contribution in [1.29, 1.82) is 0 Å². The lowest BCUT2D eigenvalue weighted by atomic mass is 9.95. The first-order valence-electron chi connectivity index (χ1n) is 8.35. The van der Waals surface area contributed by atoms with Gasteiger partial charge in [-0.3, -0.25) is 4.79 Å². The summed E-state index contributed by atoms with van der Waals surface area (Å²) >= 11 is 1.56. The number of carbonyl (C=O) groups excluding carboxylic acids is 1. The van der Waals surface area contributed by atoms with Gasteiger partial charge in [-0.1, -0.05) is 19.1 Å². The molecule has 2 heterocycles. The van der Waals surface area contributed by atoms with Crippen molar-refractivity contribution >= 4 is 29.7 Å². The minimum Gasteiger partial charge on any atom is -0.497 e. The molecule has 1 aliphatic rings. The van der Waals surface area contributed by atoms with Crippen LogP contribution in [0.2, 0.25) is 0 Å². The number of thiophene rings is 1. The predicted molar refractivity (Wildman–Crippen MR) is 106 cm³/mol. The van der Waals surface area contributed by atoms with Gasteiger partial charge in [-0.25, -0.2) is 0 Å². The number of piperidine rings is 1. The van der Waals surface area contributed by atoms with Crippen LogP contribution in [0.4, 0.5) is 0 Å². The quantitative estimate of drug-likeness (QED) is 0.846. The molecule has 1 aliphatic heterocycles. The molecule has 0 aliphatic carbocycles. The molecule has 0 bridgehead atoms. The molecular formula is C19H25ClN2O2S. The van der Waals surface area contributed by atoms with E-state index in [2.05, 4.69) is 24.5 Å². The van der Waals surface area contributed by atoms with E-state index in [1.807, 2.05) is 30.3 Å². The maximum Gasteiger partial charge on any atom is 0.261 e. The van der Waals surface area contributed by atoms with Gasteiger partial charge in [0, 0.05) is 10.9 Å². The fourth-order valence-corrected chi connectivity index (χ4v) is 4.06. The monoisotopic (exact) mass is 380 g/mol.